The highest BCUT2D eigenvalue weighted by Crippen LogP contribution is 2.20. The molecule has 0 spiro atoms. The second kappa shape index (κ2) is 7.02. The molecule has 1 aromatic carbocycles. The lowest BCUT2D eigenvalue weighted by Gasteiger charge is -2.21. The minimum atomic E-state index is 0.934. The third-order valence-corrected chi connectivity index (χ3v) is 3.61. The maximum Gasteiger partial charge on any atom is 0.0366 e. The third kappa shape index (κ3) is 4.68. The summed E-state index contributed by atoms with van der Waals surface area (Å²) in [6.07, 6.45) is 1.20. The van der Waals surface area contributed by atoms with Crippen LogP contribution in [0.1, 0.15) is 17.5 Å². The molecule has 0 aliphatic carbocycles. The molecule has 0 N–H and O–H groups in total. The maximum atomic E-state index is 3.51. The van der Waals surface area contributed by atoms with Gasteiger partial charge in [-0.25, -0.2) is 0 Å². The predicted octanol–water partition coefficient (Wildman–Crippen LogP) is 3.28. The summed E-state index contributed by atoms with van der Waals surface area (Å²) in [4.78, 5) is 4.56. The lowest BCUT2D eigenvalue weighted by molar-refractivity contribution is 0.401. The van der Waals surface area contributed by atoms with Gasteiger partial charge in [0.15, 0.2) is 0 Å². The zero-order valence-corrected chi connectivity index (χ0v) is 12.9. The van der Waals surface area contributed by atoms with Crippen LogP contribution < -0.4 is 4.90 Å². The molecule has 0 radical (unpaired) electrons. The zero-order chi connectivity index (χ0) is 12.8. The van der Waals surface area contributed by atoms with E-state index in [0.29, 0.717) is 0 Å². The van der Waals surface area contributed by atoms with Gasteiger partial charge in [-0.15, -0.1) is 0 Å². The summed E-state index contributed by atoms with van der Waals surface area (Å²) in [7, 11) is 6.40. The Morgan fingerprint density at radius 1 is 1.12 bits per heavy atom. The number of anilines is 1. The van der Waals surface area contributed by atoms with Crippen LogP contribution in [0.5, 0.6) is 0 Å². The number of nitrogens with zero attached hydrogens (tertiary/aromatic N) is 2. The molecular weight excluding hydrogens is 276 g/mol. The summed E-state index contributed by atoms with van der Waals surface area (Å²) in [6.45, 7) is 4.42. The van der Waals surface area contributed by atoms with Crippen LogP contribution in [0.3, 0.4) is 0 Å². The normalized spacial score (nSPS) is 10.9. The van der Waals surface area contributed by atoms with Crippen molar-refractivity contribution in [2.24, 2.45) is 0 Å². The van der Waals surface area contributed by atoms with Crippen LogP contribution in [-0.2, 0) is 5.33 Å². The number of aryl methyl sites for hydroxylation is 1. The summed E-state index contributed by atoms with van der Waals surface area (Å²) in [6, 6.07) is 6.69. The smallest absolute Gasteiger partial charge is 0.0366 e. The van der Waals surface area contributed by atoms with E-state index in [1.54, 1.807) is 0 Å². The van der Waals surface area contributed by atoms with Crippen LogP contribution in [0.4, 0.5) is 5.69 Å². The molecule has 0 bridgehead atoms. The highest BCUT2D eigenvalue weighted by Gasteiger charge is 2.03. The number of benzene rings is 1. The molecule has 0 aliphatic heterocycles. The van der Waals surface area contributed by atoms with Gasteiger partial charge < -0.3 is 9.80 Å². The fourth-order valence-corrected chi connectivity index (χ4v) is 2.45. The topological polar surface area (TPSA) is 6.48 Å². The number of hydrogen-bond acceptors (Lipinski definition) is 2. The summed E-state index contributed by atoms with van der Waals surface area (Å²) >= 11 is 3.51. The van der Waals surface area contributed by atoms with E-state index in [1.165, 1.54) is 23.2 Å². The lowest BCUT2D eigenvalue weighted by Crippen LogP contribution is -2.23. The molecule has 0 atom stereocenters. The van der Waals surface area contributed by atoms with E-state index in [4.69, 9.17) is 0 Å². The molecule has 0 amide bonds. The molecule has 17 heavy (non-hydrogen) atoms. The standard InChI is InChI=1S/C14H23BrN2/c1-12-10-14(7-6-13(12)11-15)17(4)9-5-8-16(2)3/h6-7,10H,5,8-9,11H2,1-4H3. The molecule has 96 valence electrons. The van der Waals surface area contributed by atoms with Gasteiger partial charge in [0, 0.05) is 24.6 Å². The molecule has 0 heterocycles. The molecular formula is C14H23BrN2. The molecule has 2 nitrogen and oxygen atoms in total. The minimum Gasteiger partial charge on any atom is -0.375 e. The monoisotopic (exact) mass is 298 g/mol. The van der Waals surface area contributed by atoms with Crippen LogP contribution in [0.25, 0.3) is 0 Å². The number of halogens is 1. The number of hydrogen-bond donors (Lipinski definition) is 0. The second-order valence-corrected chi connectivity index (χ2v) is 5.38. The van der Waals surface area contributed by atoms with E-state index in [1.807, 2.05) is 0 Å². The van der Waals surface area contributed by atoms with Crippen molar-refractivity contribution >= 4 is 21.6 Å². The first kappa shape index (κ1) is 14.5. The van der Waals surface area contributed by atoms with Gasteiger partial charge in [0.2, 0.25) is 0 Å². The van der Waals surface area contributed by atoms with Crippen molar-refractivity contribution in [1.29, 1.82) is 0 Å². The second-order valence-electron chi connectivity index (χ2n) is 4.82. The van der Waals surface area contributed by atoms with Gasteiger partial charge in [0.05, 0.1) is 0 Å². The summed E-state index contributed by atoms with van der Waals surface area (Å²) < 4.78 is 0. The fraction of sp³-hybridized carbons (Fsp3) is 0.571. The molecule has 0 aromatic heterocycles. The largest absolute Gasteiger partial charge is 0.375 e. The van der Waals surface area contributed by atoms with E-state index in [0.717, 1.165) is 18.4 Å². The molecule has 0 fully saturated rings. The Labute approximate surface area is 114 Å². The van der Waals surface area contributed by atoms with Gasteiger partial charge in [-0.2, -0.15) is 0 Å². The lowest BCUT2D eigenvalue weighted by atomic mass is 10.1. The Morgan fingerprint density at radius 2 is 1.82 bits per heavy atom. The molecule has 1 aromatic rings. The van der Waals surface area contributed by atoms with Crippen molar-refractivity contribution < 1.29 is 0 Å². The summed E-state index contributed by atoms with van der Waals surface area (Å²) in [5.74, 6) is 0. The number of alkyl halides is 1. The van der Waals surface area contributed by atoms with Crippen molar-refractivity contribution in [3.63, 3.8) is 0 Å². The van der Waals surface area contributed by atoms with Gasteiger partial charge in [0.1, 0.15) is 0 Å². The Kier molecular flexibility index (Phi) is 6.00. The van der Waals surface area contributed by atoms with E-state index < -0.39 is 0 Å². The van der Waals surface area contributed by atoms with E-state index in [9.17, 15) is 0 Å². The summed E-state index contributed by atoms with van der Waals surface area (Å²) in [5.41, 5.74) is 4.04. The number of rotatable bonds is 6. The SMILES string of the molecule is Cc1cc(N(C)CCCN(C)C)ccc1CBr. The first-order valence-electron chi connectivity index (χ1n) is 6.06. The van der Waals surface area contributed by atoms with Crippen LogP contribution in [0, 0.1) is 6.92 Å². The highest BCUT2D eigenvalue weighted by atomic mass is 79.9. The molecule has 3 heteroatoms. The first-order valence-corrected chi connectivity index (χ1v) is 7.18. The third-order valence-electron chi connectivity index (χ3n) is 3.01. The van der Waals surface area contributed by atoms with Gasteiger partial charge in [-0.05, 0) is 57.2 Å². The first-order chi connectivity index (χ1) is 8.04. The van der Waals surface area contributed by atoms with Crippen molar-refractivity contribution in [2.75, 3.05) is 39.1 Å². The van der Waals surface area contributed by atoms with Crippen molar-refractivity contribution in [1.82, 2.24) is 4.90 Å². The zero-order valence-electron chi connectivity index (χ0n) is 11.3. The van der Waals surface area contributed by atoms with Gasteiger partial charge in [-0.3, -0.25) is 0 Å². The molecule has 0 aliphatic rings. The van der Waals surface area contributed by atoms with Crippen LogP contribution >= 0.6 is 15.9 Å². The maximum absolute atomic E-state index is 3.51. The van der Waals surface area contributed by atoms with E-state index >= 15 is 0 Å². The van der Waals surface area contributed by atoms with Gasteiger partial charge >= 0.3 is 0 Å². The van der Waals surface area contributed by atoms with Gasteiger partial charge in [-0.1, -0.05) is 22.0 Å². The van der Waals surface area contributed by atoms with Crippen molar-refractivity contribution in [3.8, 4) is 0 Å². The summed E-state index contributed by atoms with van der Waals surface area (Å²) in [5, 5.41) is 0.934. The average Bonchev–Trinajstić information content (AvgIpc) is 2.28. The Balaban J connectivity index is 2.57. The predicted molar refractivity (Wildman–Crippen MR) is 80.3 cm³/mol. The quantitative estimate of drug-likeness (QED) is 0.744. The van der Waals surface area contributed by atoms with Crippen LogP contribution in [-0.4, -0.2) is 39.1 Å². The minimum absolute atomic E-state index is 0.934. The van der Waals surface area contributed by atoms with Crippen molar-refractivity contribution in [3.05, 3.63) is 29.3 Å². The van der Waals surface area contributed by atoms with Gasteiger partial charge in [0.25, 0.3) is 0 Å². The molecule has 0 saturated carbocycles. The van der Waals surface area contributed by atoms with Crippen molar-refractivity contribution in [2.45, 2.75) is 18.7 Å². The van der Waals surface area contributed by atoms with Crippen LogP contribution in [0.15, 0.2) is 18.2 Å². The Hall–Kier alpha value is -0.540. The van der Waals surface area contributed by atoms with Crippen LogP contribution in [0.2, 0.25) is 0 Å². The molecule has 0 unspecified atom stereocenters. The van der Waals surface area contributed by atoms with E-state index in [2.05, 4.69) is 72.0 Å². The Morgan fingerprint density at radius 3 is 2.35 bits per heavy atom. The fourth-order valence-electron chi connectivity index (χ4n) is 1.82. The molecule has 0 saturated heterocycles. The molecule has 1 rings (SSSR count). The Bertz CT molecular complexity index is 350. The highest BCUT2D eigenvalue weighted by molar-refractivity contribution is 9.08. The average molecular weight is 299 g/mol. The van der Waals surface area contributed by atoms with E-state index in [-0.39, 0.29) is 0 Å².